The van der Waals surface area contributed by atoms with E-state index in [1.807, 2.05) is 5.32 Å². The molecular formula is C18H26N4O8S. The van der Waals surface area contributed by atoms with Crippen molar-refractivity contribution in [2.75, 3.05) is 19.0 Å². The Kier molecular flexibility index (Phi) is 10.8. The smallest absolute Gasteiger partial charge is 0.328 e. The number of thiol groups is 1. The number of aromatic hydroxyl groups is 1. The number of carbonyl (C=O) groups is 4. The SMILES string of the molecule is NC(Cc1ccc(O)cc1)C(=O)NC(CO)C(=O)NC(CS)C(=O)NC(CO)C(=O)O. The van der Waals surface area contributed by atoms with Gasteiger partial charge in [-0.15, -0.1) is 0 Å². The van der Waals surface area contributed by atoms with E-state index in [4.69, 9.17) is 15.9 Å². The molecule has 4 unspecified atom stereocenters. The number of rotatable bonds is 12. The number of phenols is 1. The molecule has 0 fully saturated rings. The maximum Gasteiger partial charge on any atom is 0.328 e. The molecule has 9 N–H and O–H groups in total. The van der Waals surface area contributed by atoms with Crippen LogP contribution in [0.15, 0.2) is 24.3 Å². The van der Waals surface area contributed by atoms with Crippen molar-refractivity contribution in [2.45, 2.75) is 30.6 Å². The molecule has 0 spiro atoms. The van der Waals surface area contributed by atoms with Crippen LogP contribution in [0.3, 0.4) is 0 Å². The Labute approximate surface area is 183 Å². The maximum atomic E-state index is 12.4. The highest BCUT2D eigenvalue weighted by molar-refractivity contribution is 7.80. The molecule has 0 aliphatic rings. The number of carboxylic acid groups (broad SMARTS) is 1. The molecule has 0 bridgehead atoms. The van der Waals surface area contributed by atoms with Crippen LogP contribution >= 0.6 is 12.6 Å². The van der Waals surface area contributed by atoms with Gasteiger partial charge in [-0.25, -0.2) is 4.79 Å². The molecule has 1 aromatic rings. The van der Waals surface area contributed by atoms with Crippen LogP contribution in [-0.4, -0.2) is 87.3 Å². The van der Waals surface area contributed by atoms with E-state index in [1.165, 1.54) is 12.1 Å². The predicted molar refractivity (Wildman–Crippen MR) is 111 cm³/mol. The third-order valence-corrected chi connectivity index (χ3v) is 4.52. The van der Waals surface area contributed by atoms with Crippen molar-refractivity contribution in [1.82, 2.24) is 16.0 Å². The number of carboxylic acids is 1. The van der Waals surface area contributed by atoms with Crippen LogP contribution in [0, 0.1) is 0 Å². The Morgan fingerprint density at radius 2 is 1.35 bits per heavy atom. The zero-order valence-corrected chi connectivity index (χ0v) is 17.3. The van der Waals surface area contributed by atoms with Gasteiger partial charge in [0.15, 0.2) is 0 Å². The number of nitrogens with two attached hydrogens (primary N) is 1. The lowest BCUT2D eigenvalue weighted by Gasteiger charge is -2.23. The van der Waals surface area contributed by atoms with Gasteiger partial charge in [-0.3, -0.25) is 14.4 Å². The van der Waals surface area contributed by atoms with Crippen molar-refractivity contribution < 1.29 is 39.6 Å². The van der Waals surface area contributed by atoms with E-state index < -0.39 is 61.1 Å². The number of nitrogens with one attached hydrogen (secondary N) is 3. The summed E-state index contributed by atoms with van der Waals surface area (Å²) >= 11 is 3.92. The highest BCUT2D eigenvalue weighted by atomic mass is 32.1. The Morgan fingerprint density at radius 3 is 1.84 bits per heavy atom. The molecule has 1 aromatic carbocycles. The standard InChI is InChI=1S/C18H26N4O8S/c19-11(5-9-1-3-10(25)4-2-9)15(26)20-12(6-23)16(27)22-14(8-31)17(28)21-13(7-24)18(29)30/h1-4,11-14,23-25,31H,5-8,19H2,(H,20,26)(H,21,28)(H,22,27)(H,29,30). The summed E-state index contributed by atoms with van der Waals surface area (Å²) in [6, 6.07) is 0.657. The molecule has 31 heavy (non-hydrogen) atoms. The Morgan fingerprint density at radius 1 is 0.871 bits per heavy atom. The third-order valence-electron chi connectivity index (χ3n) is 4.16. The second kappa shape index (κ2) is 12.7. The van der Waals surface area contributed by atoms with Crippen molar-refractivity contribution in [1.29, 1.82) is 0 Å². The first-order valence-electron chi connectivity index (χ1n) is 9.12. The summed E-state index contributed by atoms with van der Waals surface area (Å²) in [4.78, 5) is 47.6. The van der Waals surface area contributed by atoms with Crippen LogP contribution in [0.5, 0.6) is 5.75 Å². The molecule has 0 aromatic heterocycles. The summed E-state index contributed by atoms with van der Waals surface area (Å²) in [6.07, 6.45) is 0.102. The van der Waals surface area contributed by atoms with Crippen LogP contribution in [0.25, 0.3) is 0 Å². The molecule has 0 heterocycles. The first-order chi connectivity index (χ1) is 14.6. The Hall–Kier alpha value is -2.87. The van der Waals surface area contributed by atoms with Crippen molar-refractivity contribution in [3.8, 4) is 5.75 Å². The zero-order chi connectivity index (χ0) is 23.6. The molecule has 0 aliphatic carbocycles. The van der Waals surface area contributed by atoms with Gasteiger partial charge in [-0.05, 0) is 24.1 Å². The summed E-state index contributed by atoms with van der Waals surface area (Å²) < 4.78 is 0. The monoisotopic (exact) mass is 458 g/mol. The third kappa shape index (κ3) is 8.41. The number of carbonyl (C=O) groups excluding carboxylic acids is 3. The first-order valence-corrected chi connectivity index (χ1v) is 9.76. The van der Waals surface area contributed by atoms with Gasteiger partial charge >= 0.3 is 5.97 Å². The number of amides is 3. The molecule has 1 rings (SSSR count). The van der Waals surface area contributed by atoms with Crippen molar-refractivity contribution in [3.05, 3.63) is 29.8 Å². The molecule has 0 radical (unpaired) electrons. The minimum atomic E-state index is -1.57. The molecule has 4 atom stereocenters. The Bertz CT molecular complexity index is 776. The molecular weight excluding hydrogens is 432 g/mol. The van der Waals surface area contributed by atoms with Gasteiger partial charge < -0.3 is 42.1 Å². The highest BCUT2D eigenvalue weighted by Crippen LogP contribution is 2.11. The van der Waals surface area contributed by atoms with Gasteiger partial charge in [0.1, 0.15) is 23.9 Å². The molecule has 0 aliphatic heterocycles. The minimum absolute atomic E-state index is 0.0511. The highest BCUT2D eigenvalue weighted by Gasteiger charge is 2.29. The van der Waals surface area contributed by atoms with Gasteiger partial charge in [0.2, 0.25) is 17.7 Å². The van der Waals surface area contributed by atoms with E-state index in [-0.39, 0.29) is 17.9 Å². The van der Waals surface area contributed by atoms with Gasteiger partial charge in [-0.1, -0.05) is 12.1 Å². The lowest BCUT2D eigenvalue weighted by Crippen LogP contribution is -2.59. The number of hydrogen-bond donors (Lipinski definition) is 9. The average Bonchev–Trinajstić information content (AvgIpc) is 2.74. The van der Waals surface area contributed by atoms with Crippen LogP contribution in [0.4, 0.5) is 0 Å². The fourth-order valence-electron chi connectivity index (χ4n) is 2.38. The number of aliphatic hydroxyl groups excluding tert-OH is 2. The second-order valence-electron chi connectivity index (χ2n) is 6.55. The molecule has 0 saturated heterocycles. The van der Waals surface area contributed by atoms with Crippen molar-refractivity contribution in [2.24, 2.45) is 5.73 Å². The first kappa shape index (κ1) is 26.2. The van der Waals surface area contributed by atoms with E-state index in [0.29, 0.717) is 5.56 Å². The average molecular weight is 458 g/mol. The largest absolute Gasteiger partial charge is 0.508 e. The molecule has 13 heteroatoms. The summed E-state index contributed by atoms with van der Waals surface area (Å²) in [5.41, 5.74) is 6.48. The van der Waals surface area contributed by atoms with Crippen LogP contribution in [0.1, 0.15) is 5.56 Å². The molecule has 172 valence electrons. The van der Waals surface area contributed by atoms with Gasteiger partial charge in [-0.2, -0.15) is 12.6 Å². The summed E-state index contributed by atoms with van der Waals surface area (Å²) in [5, 5.41) is 43.1. The van der Waals surface area contributed by atoms with E-state index in [2.05, 4.69) is 23.3 Å². The topological polar surface area (TPSA) is 211 Å². The summed E-state index contributed by atoms with van der Waals surface area (Å²) in [6.45, 7) is -1.65. The van der Waals surface area contributed by atoms with Crippen molar-refractivity contribution in [3.63, 3.8) is 0 Å². The summed E-state index contributed by atoms with van der Waals surface area (Å²) in [7, 11) is 0. The number of benzene rings is 1. The van der Waals surface area contributed by atoms with Gasteiger partial charge in [0.05, 0.1) is 19.3 Å². The molecule has 3 amide bonds. The van der Waals surface area contributed by atoms with E-state index in [0.717, 1.165) is 0 Å². The zero-order valence-electron chi connectivity index (χ0n) is 16.4. The van der Waals surface area contributed by atoms with Crippen LogP contribution in [0.2, 0.25) is 0 Å². The maximum absolute atomic E-state index is 12.4. The molecule has 12 nitrogen and oxygen atoms in total. The quantitative estimate of drug-likeness (QED) is 0.143. The lowest BCUT2D eigenvalue weighted by molar-refractivity contribution is -0.143. The second-order valence-corrected chi connectivity index (χ2v) is 6.91. The van der Waals surface area contributed by atoms with E-state index >= 15 is 0 Å². The predicted octanol–water partition coefficient (Wildman–Crippen LogP) is -3.28. The van der Waals surface area contributed by atoms with Crippen molar-refractivity contribution >= 4 is 36.3 Å². The van der Waals surface area contributed by atoms with E-state index in [9.17, 15) is 29.4 Å². The number of hydrogen-bond acceptors (Lipinski definition) is 9. The number of phenolic OH excluding ortho intramolecular Hbond substituents is 1. The molecule has 0 saturated carbocycles. The number of aliphatic carboxylic acids is 1. The summed E-state index contributed by atoms with van der Waals surface area (Å²) in [5.74, 6) is -4.21. The van der Waals surface area contributed by atoms with Gasteiger partial charge in [0, 0.05) is 5.75 Å². The Balaban J connectivity index is 2.69. The lowest BCUT2D eigenvalue weighted by atomic mass is 10.1. The number of aliphatic hydroxyl groups is 2. The normalized spacial score (nSPS) is 14.6. The van der Waals surface area contributed by atoms with Crippen LogP contribution in [-0.2, 0) is 25.6 Å². The fraction of sp³-hybridized carbons (Fsp3) is 0.444. The van der Waals surface area contributed by atoms with Crippen LogP contribution < -0.4 is 21.7 Å². The van der Waals surface area contributed by atoms with Gasteiger partial charge in [0.25, 0.3) is 0 Å². The fourth-order valence-corrected chi connectivity index (χ4v) is 2.63. The van der Waals surface area contributed by atoms with E-state index in [1.54, 1.807) is 12.1 Å². The minimum Gasteiger partial charge on any atom is -0.508 e.